The summed E-state index contributed by atoms with van der Waals surface area (Å²) in [4.78, 5) is 17.1. The molecule has 1 heterocycles. The smallest absolute Gasteiger partial charge is 0.416 e. The minimum absolute atomic E-state index is 0.0551. The normalized spacial score (nSPS) is 11.3. The van der Waals surface area contributed by atoms with Crippen LogP contribution in [-0.2, 0) is 17.4 Å². The Morgan fingerprint density at radius 3 is 2.16 bits per heavy atom. The number of rotatable bonds is 5. The van der Waals surface area contributed by atoms with Crippen LogP contribution >= 0.6 is 0 Å². The van der Waals surface area contributed by atoms with Crippen molar-refractivity contribution in [2.24, 2.45) is 0 Å². The van der Waals surface area contributed by atoms with Crippen molar-refractivity contribution < 1.29 is 27.5 Å². The number of alkyl halides is 3. The third-order valence-electron chi connectivity index (χ3n) is 4.71. The van der Waals surface area contributed by atoms with Crippen LogP contribution in [0.4, 0.5) is 19.1 Å². The highest BCUT2D eigenvalue weighted by molar-refractivity contribution is 5.94. The molecule has 32 heavy (non-hydrogen) atoms. The van der Waals surface area contributed by atoms with E-state index in [2.05, 4.69) is 10.3 Å². The van der Waals surface area contributed by atoms with Crippen LogP contribution in [0.1, 0.15) is 11.1 Å². The third kappa shape index (κ3) is 4.64. The number of carbonyl (C=O) groups is 1. The zero-order valence-corrected chi connectivity index (χ0v) is 16.6. The molecule has 0 aliphatic rings. The van der Waals surface area contributed by atoms with Crippen molar-refractivity contribution in [1.82, 2.24) is 4.98 Å². The van der Waals surface area contributed by atoms with Gasteiger partial charge < -0.3 is 9.52 Å². The lowest BCUT2D eigenvalue weighted by molar-refractivity contribution is -0.137. The molecule has 8 heteroatoms. The predicted molar refractivity (Wildman–Crippen MR) is 113 cm³/mol. The summed E-state index contributed by atoms with van der Waals surface area (Å²) < 4.78 is 44.2. The molecular formula is C24H17F3N2O3. The quantitative estimate of drug-likeness (QED) is 0.406. The Bertz CT molecular complexity index is 1240. The molecule has 162 valence electrons. The number of aromatic hydroxyl groups is 1. The number of nitrogens with zero attached hydrogens (tertiary/aromatic N) is 1. The largest absolute Gasteiger partial charge is 0.508 e. The SMILES string of the molecule is O=C(Cc1ccc(C(F)(F)F)cc1O)Nc1oc(-c2ccccc2)nc1-c1ccccc1. The molecule has 0 atom stereocenters. The molecule has 2 N–H and O–H groups in total. The summed E-state index contributed by atoms with van der Waals surface area (Å²) in [5.41, 5.74) is 0.902. The van der Waals surface area contributed by atoms with Gasteiger partial charge in [0.05, 0.1) is 12.0 Å². The molecule has 4 rings (SSSR count). The number of oxazole rings is 1. The van der Waals surface area contributed by atoms with Crippen molar-refractivity contribution in [2.75, 3.05) is 5.32 Å². The van der Waals surface area contributed by atoms with Gasteiger partial charge in [-0.15, -0.1) is 0 Å². The molecule has 0 bridgehead atoms. The zero-order chi connectivity index (χ0) is 22.7. The fourth-order valence-electron chi connectivity index (χ4n) is 3.13. The summed E-state index contributed by atoms with van der Waals surface area (Å²) in [6.07, 6.45) is -4.93. The number of halogens is 3. The highest BCUT2D eigenvalue weighted by Crippen LogP contribution is 2.34. The summed E-state index contributed by atoms with van der Waals surface area (Å²) in [6, 6.07) is 20.7. The summed E-state index contributed by atoms with van der Waals surface area (Å²) in [7, 11) is 0. The summed E-state index contributed by atoms with van der Waals surface area (Å²) >= 11 is 0. The first-order valence-corrected chi connectivity index (χ1v) is 9.62. The molecule has 5 nitrogen and oxygen atoms in total. The van der Waals surface area contributed by atoms with Crippen LogP contribution in [0.3, 0.4) is 0 Å². The first-order chi connectivity index (χ1) is 15.3. The van der Waals surface area contributed by atoms with Crippen LogP contribution in [0.5, 0.6) is 5.75 Å². The van der Waals surface area contributed by atoms with Gasteiger partial charge in [0.15, 0.2) is 0 Å². The Hall–Kier alpha value is -4.07. The number of nitrogens with one attached hydrogen (secondary N) is 1. The number of hydrogen-bond acceptors (Lipinski definition) is 4. The van der Waals surface area contributed by atoms with Crippen molar-refractivity contribution >= 4 is 11.8 Å². The molecule has 0 radical (unpaired) electrons. The Labute approximate surface area is 181 Å². The van der Waals surface area contributed by atoms with Gasteiger partial charge in [-0.25, -0.2) is 4.98 Å². The number of carbonyl (C=O) groups excluding carboxylic acids is 1. The average Bonchev–Trinajstić information content (AvgIpc) is 3.19. The minimum atomic E-state index is -4.59. The fourth-order valence-corrected chi connectivity index (χ4v) is 3.13. The summed E-state index contributed by atoms with van der Waals surface area (Å²) in [6.45, 7) is 0. The second-order valence-electron chi connectivity index (χ2n) is 7.00. The molecule has 0 spiro atoms. The van der Waals surface area contributed by atoms with Gasteiger partial charge >= 0.3 is 6.18 Å². The Morgan fingerprint density at radius 2 is 1.56 bits per heavy atom. The molecule has 0 aliphatic heterocycles. The second-order valence-corrected chi connectivity index (χ2v) is 7.00. The maximum atomic E-state index is 12.8. The highest BCUT2D eigenvalue weighted by Gasteiger charge is 2.31. The average molecular weight is 438 g/mol. The van der Waals surface area contributed by atoms with E-state index in [-0.39, 0.29) is 17.9 Å². The summed E-state index contributed by atoms with van der Waals surface area (Å²) in [5, 5.41) is 12.6. The zero-order valence-electron chi connectivity index (χ0n) is 16.6. The van der Waals surface area contributed by atoms with E-state index in [0.717, 1.165) is 12.1 Å². The predicted octanol–water partition coefficient (Wildman–Crippen LogP) is 5.91. The van der Waals surface area contributed by atoms with Gasteiger partial charge in [-0.3, -0.25) is 10.1 Å². The van der Waals surface area contributed by atoms with Crippen molar-refractivity contribution in [3.8, 4) is 28.5 Å². The van der Waals surface area contributed by atoms with Crippen molar-refractivity contribution in [3.05, 3.63) is 90.0 Å². The fraction of sp³-hybridized carbons (Fsp3) is 0.0833. The highest BCUT2D eigenvalue weighted by atomic mass is 19.4. The lowest BCUT2D eigenvalue weighted by Crippen LogP contribution is -2.15. The van der Waals surface area contributed by atoms with Gasteiger partial charge in [-0.2, -0.15) is 13.2 Å². The van der Waals surface area contributed by atoms with Gasteiger partial charge in [-0.1, -0.05) is 54.6 Å². The number of benzene rings is 3. The maximum Gasteiger partial charge on any atom is 0.416 e. The van der Waals surface area contributed by atoms with Crippen LogP contribution in [0, 0.1) is 0 Å². The lowest BCUT2D eigenvalue weighted by Gasteiger charge is -2.10. The Balaban J connectivity index is 1.61. The Morgan fingerprint density at radius 1 is 0.938 bits per heavy atom. The van der Waals surface area contributed by atoms with E-state index >= 15 is 0 Å². The van der Waals surface area contributed by atoms with Gasteiger partial charge in [0, 0.05) is 16.7 Å². The number of phenolic OH excluding ortho intramolecular Hbond substituents is 1. The van der Waals surface area contributed by atoms with E-state index in [0.29, 0.717) is 28.8 Å². The Kier molecular flexibility index (Phi) is 5.68. The van der Waals surface area contributed by atoms with E-state index in [4.69, 9.17) is 4.42 Å². The molecule has 0 saturated carbocycles. The van der Waals surface area contributed by atoms with Crippen LogP contribution in [0.15, 0.2) is 83.3 Å². The van der Waals surface area contributed by atoms with Gasteiger partial charge in [0.25, 0.3) is 0 Å². The number of hydrogen-bond donors (Lipinski definition) is 2. The molecule has 1 aromatic heterocycles. The maximum absolute atomic E-state index is 12.8. The summed E-state index contributed by atoms with van der Waals surface area (Å²) in [5.74, 6) is -0.780. The minimum Gasteiger partial charge on any atom is -0.508 e. The number of anilines is 1. The van der Waals surface area contributed by atoms with Crippen LogP contribution in [-0.4, -0.2) is 16.0 Å². The first-order valence-electron chi connectivity index (χ1n) is 9.62. The van der Waals surface area contributed by atoms with Crippen LogP contribution in [0.25, 0.3) is 22.7 Å². The van der Waals surface area contributed by atoms with Gasteiger partial charge in [0.2, 0.25) is 17.7 Å². The number of aromatic nitrogens is 1. The number of phenols is 1. The van der Waals surface area contributed by atoms with Crippen molar-refractivity contribution in [1.29, 1.82) is 0 Å². The number of amides is 1. The second kappa shape index (κ2) is 8.58. The molecule has 4 aromatic rings. The van der Waals surface area contributed by atoms with Gasteiger partial charge in [0.1, 0.15) is 11.4 Å². The third-order valence-corrected chi connectivity index (χ3v) is 4.71. The topological polar surface area (TPSA) is 75.4 Å². The van der Waals surface area contributed by atoms with E-state index in [1.807, 2.05) is 60.7 Å². The van der Waals surface area contributed by atoms with Crippen molar-refractivity contribution in [3.63, 3.8) is 0 Å². The van der Waals surface area contributed by atoms with Crippen molar-refractivity contribution in [2.45, 2.75) is 12.6 Å². The molecule has 1 amide bonds. The van der Waals surface area contributed by atoms with Crippen LogP contribution < -0.4 is 5.32 Å². The standard InChI is InChI=1S/C24H17F3N2O3/c25-24(26,27)18-12-11-17(19(30)14-18)13-20(31)28-23-21(15-7-3-1-4-8-15)29-22(32-23)16-9-5-2-6-10-16/h1-12,14,30H,13H2,(H,28,31). The first kappa shape index (κ1) is 21.2. The van der Waals surface area contributed by atoms with Crippen LogP contribution in [0.2, 0.25) is 0 Å². The van der Waals surface area contributed by atoms with E-state index in [1.165, 1.54) is 0 Å². The van der Waals surface area contributed by atoms with E-state index in [9.17, 15) is 23.1 Å². The molecule has 0 unspecified atom stereocenters. The molecule has 3 aromatic carbocycles. The molecule has 0 saturated heterocycles. The lowest BCUT2D eigenvalue weighted by atomic mass is 10.1. The van der Waals surface area contributed by atoms with Gasteiger partial charge in [-0.05, 0) is 24.3 Å². The van der Waals surface area contributed by atoms with E-state index < -0.39 is 23.4 Å². The molecule has 0 aliphatic carbocycles. The molecular weight excluding hydrogens is 421 g/mol. The molecule has 0 fully saturated rings. The monoisotopic (exact) mass is 438 g/mol. The van der Waals surface area contributed by atoms with E-state index in [1.54, 1.807) is 0 Å².